The average molecular weight is 411 g/mol. The second kappa shape index (κ2) is 8.32. The van der Waals surface area contributed by atoms with E-state index in [4.69, 9.17) is 0 Å². The lowest BCUT2D eigenvalue weighted by molar-refractivity contribution is 0.102. The highest BCUT2D eigenvalue weighted by atomic mass is 32.2. The van der Waals surface area contributed by atoms with E-state index in [1.54, 1.807) is 29.3 Å². The van der Waals surface area contributed by atoms with E-state index in [9.17, 15) is 4.79 Å². The Labute approximate surface area is 173 Å². The number of hydrogen-bond acceptors (Lipinski definition) is 6. The van der Waals surface area contributed by atoms with Crippen LogP contribution in [0.1, 0.15) is 34.5 Å². The predicted octanol–water partition coefficient (Wildman–Crippen LogP) is 5.16. The molecule has 4 rings (SSSR count). The molecule has 0 spiro atoms. The van der Waals surface area contributed by atoms with Crippen molar-refractivity contribution in [1.29, 1.82) is 0 Å². The number of carbonyl (C=O) groups is 1. The smallest absolute Gasteiger partial charge is 0.259 e. The molecule has 0 saturated carbocycles. The molecule has 144 valence electrons. The molecule has 0 bridgehead atoms. The van der Waals surface area contributed by atoms with Gasteiger partial charge >= 0.3 is 0 Å². The number of pyridine rings is 1. The largest absolute Gasteiger partial charge is 0.356 e. The van der Waals surface area contributed by atoms with Crippen LogP contribution in [0.25, 0.3) is 0 Å². The third-order valence-electron chi connectivity index (χ3n) is 4.69. The molecule has 1 aromatic carbocycles. The normalized spacial score (nSPS) is 13.7. The van der Waals surface area contributed by atoms with Crippen LogP contribution in [0, 0.1) is 13.8 Å². The molecule has 3 heterocycles. The Hall–Kier alpha value is -2.38. The highest BCUT2D eigenvalue weighted by Crippen LogP contribution is 2.32. The zero-order chi connectivity index (χ0) is 19.5. The van der Waals surface area contributed by atoms with Gasteiger partial charge in [-0.05, 0) is 62.6 Å². The summed E-state index contributed by atoms with van der Waals surface area (Å²) in [5.74, 6) is 0.663. The Morgan fingerprint density at radius 3 is 2.75 bits per heavy atom. The van der Waals surface area contributed by atoms with Gasteiger partial charge in [0, 0.05) is 40.9 Å². The molecule has 0 unspecified atom stereocenters. The van der Waals surface area contributed by atoms with E-state index >= 15 is 0 Å². The molecule has 1 aliphatic rings. The van der Waals surface area contributed by atoms with Crippen LogP contribution in [0.4, 0.5) is 11.5 Å². The quantitative estimate of drug-likeness (QED) is 0.630. The molecule has 1 N–H and O–H groups in total. The monoisotopic (exact) mass is 410 g/mol. The minimum Gasteiger partial charge on any atom is -0.356 e. The van der Waals surface area contributed by atoms with Gasteiger partial charge in [-0.25, -0.2) is 9.97 Å². The van der Waals surface area contributed by atoms with Gasteiger partial charge in [-0.3, -0.25) is 4.79 Å². The summed E-state index contributed by atoms with van der Waals surface area (Å²) in [6.45, 7) is 5.92. The van der Waals surface area contributed by atoms with Gasteiger partial charge in [0.25, 0.3) is 5.91 Å². The number of aryl methyl sites for hydroxylation is 2. The third-order valence-corrected chi connectivity index (χ3v) is 6.73. The molecule has 1 amide bonds. The molecule has 28 heavy (non-hydrogen) atoms. The average Bonchev–Trinajstić information content (AvgIpc) is 3.36. The van der Waals surface area contributed by atoms with Crippen molar-refractivity contribution < 1.29 is 4.79 Å². The number of carbonyl (C=O) groups excluding carboxylic acids is 1. The summed E-state index contributed by atoms with van der Waals surface area (Å²) >= 11 is 3.29. The summed E-state index contributed by atoms with van der Waals surface area (Å²) in [6, 6.07) is 9.73. The Balaban J connectivity index is 1.50. The van der Waals surface area contributed by atoms with E-state index in [1.165, 1.54) is 0 Å². The minimum absolute atomic E-state index is 0.117. The zero-order valence-corrected chi connectivity index (χ0v) is 17.6. The van der Waals surface area contributed by atoms with E-state index < -0.39 is 0 Å². The van der Waals surface area contributed by atoms with E-state index in [-0.39, 0.29) is 5.91 Å². The van der Waals surface area contributed by atoms with Gasteiger partial charge in [0.15, 0.2) is 4.34 Å². The second-order valence-corrected chi connectivity index (χ2v) is 9.04. The van der Waals surface area contributed by atoms with Crippen LogP contribution in [0.5, 0.6) is 0 Å². The van der Waals surface area contributed by atoms with E-state index in [2.05, 4.69) is 31.6 Å². The summed E-state index contributed by atoms with van der Waals surface area (Å²) < 4.78 is 1.03. The van der Waals surface area contributed by atoms with Gasteiger partial charge < -0.3 is 10.2 Å². The topological polar surface area (TPSA) is 58.1 Å². The summed E-state index contributed by atoms with van der Waals surface area (Å²) in [5.41, 5.74) is 3.51. The maximum absolute atomic E-state index is 12.9. The van der Waals surface area contributed by atoms with Crippen LogP contribution < -0.4 is 10.2 Å². The van der Waals surface area contributed by atoms with Crippen LogP contribution >= 0.6 is 23.1 Å². The van der Waals surface area contributed by atoms with Gasteiger partial charge in [-0.2, -0.15) is 0 Å². The third kappa shape index (κ3) is 4.20. The molecule has 0 radical (unpaired) electrons. The van der Waals surface area contributed by atoms with Crippen LogP contribution in [-0.4, -0.2) is 29.0 Å². The molecule has 7 heteroatoms. The molecule has 0 atom stereocenters. The van der Waals surface area contributed by atoms with Gasteiger partial charge in [0.1, 0.15) is 5.82 Å². The number of aromatic nitrogens is 2. The summed E-state index contributed by atoms with van der Waals surface area (Å²) in [4.78, 5) is 25.2. The van der Waals surface area contributed by atoms with E-state index in [1.807, 2.05) is 38.1 Å². The number of hydrogen-bond donors (Lipinski definition) is 1. The van der Waals surface area contributed by atoms with Gasteiger partial charge in [0.05, 0.1) is 5.56 Å². The fourth-order valence-corrected chi connectivity index (χ4v) is 5.17. The molecule has 1 fully saturated rings. The number of amides is 1. The van der Waals surface area contributed by atoms with Crippen LogP contribution in [0.2, 0.25) is 0 Å². The fraction of sp³-hybridized carbons (Fsp3) is 0.286. The van der Waals surface area contributed by atoms with E-state index in [0.717, 1.165) is 57.9 Å². The van der Waals surface area contributed by atoms with Crippen LogP contribution in [0.15, 0.2) is 51.1 Å². The van der Waals surface area contributed by atoms with Crippen molar-refractivity contribution in [3.63, 3.8) is 0 Å². The number of anilines is 2. The van der Waals surface area contributed by atoms with Crippen molar-refractivity contribution >= 4 is 40.5 Å². The van der Waals surface area contributed by atoms with Crippen molar-refractivity contribution in [2.75, 3.05) is 23.3 Å². The van der Waals surface area contributed by atoms with E-state index in [0.29, 0.717) is 5.56 Å². The Bertz CT molecular complexity index is 996. The van der Waals surface area contributed by atoms with Crippen molar-refractivity contribution in [1.82, 2.24) is 9.97 Å². The van der Waals surface area contributed by atoms with Crippen molar-refractivity contribution in [3.05, 3.63) is 58.7 Å². The highest BCUT2D eigenvalue weighted by molar-refractivity contribution is 8.01. The first-order valence-electron chi connectivity index (χ1n) is 9.32. The lowest BCUT2D eigenvalue weighted by atomic mass is 10.1. The number of nitrogens with one attached hydrogen (secondary N) is 1. The van der Waals surface area contributed by atoms with Crippen molar-refractivity contribution in [2.24, 2.45) is 0 Å². The fourth-order valence-electron chi connectivity index (χ4n) is 3.26. The first-order chi connectivity index (χ1) is 13.6. The molecular weight excluding hydrogens is 388 g/mol. The summed E-state index contributed by atoms with van der Waals surface area (Å²) in [7, 11) is 0. The van der Waals surface area contributed by atoms with Crippen molar-refractivity contribution in [3.8, 4) is 0 Å². The molecule has 1 saturated heterocycles. The van der Waals surface area contributed by atoms with Gasteiger partial charge in [-0.15, -0.1) is 11.3 Å². The first kappa shape index (κ1) is 19.0. The summed E-state index contributed by atoms with van der Waals surface area (Å²) in [6.07, 6.45) is 4.05. The van der Waals surface area contributed by atoms with Gasteiger partial charge in [-0.1, -0.05) is 11.8 Å². The van der Waals surface area contributed by atoms with Crippen LogP contribution in [0.3, 0.4) is 0 Å². The second-order valence-electron chi connectivity index (χ2n) is 6.86. The zero-order valence-electron chi connectivity index (χ0n) is 15.9. The Morgan fingerprint density at radius 1 is 1.21 bits per heavy atom. The number of rotatable bonds is 5. The lowest BCUT2D eigenvalue weighted by Crippen LogP contribution is -2.24. The van der Waals surface area contributed by atoms with Crippen molar-refractivity contribution in [2.45, 2.75) is 35.9 Å². The highest BCUT2D eigenvalue weighted by Gasteiger charge is 2.21. The maximum atomic E-state index is 12.9. The summed E-state index contributed by atoms with van der Waals surface area (Å²) in [5, 5.41) is 5.11. The molecule has 3 aromatic rings. The minimum atomic E-state index is -0.117. The molecule has 0 aliphatic carbocycles. The maximum Gasteiger partial charge on any atom is 0.259 e. The molecule has 5 nitrogen and oxygen atoms in total. The Morgan fingerprint density at radius 2 is 2.04 bits per heavy atom. The molecule has 2 aromatic heterocycles. The lowest BCUT2D eigenvalue weighted by Gasteiger charge is -2.19. The number of thiazole rings is 1. The van der Waals surface area contributed by atoms with Crippen LogP contribution in [-0.2, 0) is 0 Å². The predicted molar refractivity (Wildman–Crippen MR) is 116 cm³/mol. The standard InChI is InChI=1S/C21H22N4OS2/c1-14-12-16(28-21-23-15(2)13-27-21)7-8-18(14)24-20(26)17-6-5-9-22-19(17)25-10-3-4-11-25/h5-9,12-13H,3-4,10-11H2,1-2H3,(H,24,26). The first-order valence-corrected chi connectivity index (χ1v) is 11.0. The molecular formula is C21H22N4OS2. The van der Waals surface area contributed by atoms with Gasteiger partial charge in [0.2, 0.25) is 0 Å². The SMILES string of the molecule is Cc1csc(Sc2ccc(NC(=O)c3cccnc3N3CCCC3)c(C)c2)n1. The number of benzene rings is 1. The molecule has 1 aliphatic heterocycles. The Kier molecular flexibility index (Phi) is 5.64. The number of nitrogens with zero attached hydrogens (tertiary/aromatic N) is 3.